The zero-order valence-corrected chi connectivity index (χ0v) is 16.1. The molecule has 0 bridgehead atoms. The summed E-state index contributed by atoms with van der Waals surface area (Å²) in [5, 5.41) is 0. The normalized spacial score (nSPS) is 20.4. The van der Waals surface area contributed by atoms with Gasteiger partial charge in [-0.2, -0.15) is 0 Å². The van der Waals surface area contributed by atoms with Crippen LogP contribution in [0.15, 0.2) is 42.7 Å². The van der Waals surface area contributed by atoms with Crippen LogP contribution < -0.4 is 0 Å². The molecule has 5 nitrogen and oxygen atoms in total. The maximum atomic E-state index is 13.2. The van der Waals surface area contributed by atoms with Gasteiger partial charge in [0.25, 0.3) is 5.91 Å². The lowest BCUT2D eigenvalue weighted by atomic mass is 9.85. The Morgan fingerprint density at radius 3 is 3.00 bits per heavy atom. The molecule has 1 amide bonds. The van der Waals surface area contributed by atoms with E-state index in [0.29, 0.717) is 44.4 Å². The van der Waals surface area contributed by atoms with Gasteiger partial charge in [0, 0.05) is 19.0 Å². The topological polar surface area (TPSA) is 51.7 Å². The van der Waals surface area contributed by atoms with Gasteiger partial charge in [-0.05, 0) is 55.0 Å². The lowest BCUT2D eigenvalue weighted by Gasteiger charge is -2.47. The Bertz CT molecular complexity index is 851. The first kappa shape index (κ1) is 19.0. The van der Waals surface area contributed by atoms with Crippen LogP contribution in [0, 0.1) is 18.7 Å². The zero-order valence-electron chi connectivity index (χ0n) is 16.1. The van der Waals surface area contributed by atoms with Crippen molar-refractivity contribution in [1.82, 2.24) is 9.88 Å². The molecule has 1 spiro atoms. The van der Waals surface area contributed by atoms with Gasteiger partial charge in [-0.1, -0.05) is 12.1 Å². The molecule has 1 aromatic carbocycles. The third-order valence-corrected chi connectivity index (χ3v) is 5.48. The molecule has 2 aliphatic heterocycles. The van der Waals surface area contributed by atoms with Gasteiger partial charge >= 0.3 is 0 Å². The second-order valence-corrected chi connectivity index (χ2v) is 7.95. The van der Waals surface area contributed by atoms with Crippen molar-refractivity contribution in [2.24, 2.45) is 5.92 Å². The van der Waals surface area contributed by atoms with Crippen LogP contribution in [-0.2, 0) is 16.1 Å². The number of likely N-dealkylation sites (tertiary alicyclic amines) is 1. The summed E-state index contributed by atoms with van der Waals surface area (Å²) < 4.78 is 24.9. The quantitative estimate of drug-likeness (QED) is 0.717. The van der Waals surface area contributed by atoms with Crippen LogP contribution in [0.3, 0.4) is 0 Å². The van der Waals surface area contributed by atoms with Crippen molar-refractivity contribution in [3.63, 3.8) is 0 Å². The molecule has 0 aliphatic carbocycles. The molecule has 2 fully saturated rings. The summed E-state index contributed by atoms with van der Waals surface area (Å²) in [6.45, 7) is 4.96. The Hall–Kier alpha value is -2.31. The second-order valence-electron chi connectivity index (χ2n) is 7.95. The molecule has 1 unspecified atom stereocenters. The molecule has 0 N–H and O–H groups in total. The van der Waals surface area contributed by atoms with Crippen LogP contribution in [0.1, 0.15) is 34.3 Å². The molecule has 1 aromatic heterocycles. The van der Waals surface area contributed by atoms with Crippen molar-refractivity contribution in [3.8, 4) is 0 Å². The molecule has 3 heterocycles. The van der Waals surface area contributed by atoms with Gasteiger partial charge in [-0.3, -0.25) is 9.78 Å². The summed E-state index contributed by atoms with van der Waals surface area (Å²) in [6, 6.07) is 8.35. The minimum atomic E-state index is -0.238. The number of benzene rings is 1. The van der Waals surface area contributed by atoms with E-state index < -0.39 is 0 Å². The van der Waals surface area contributed by atoms with E-state index in [2.05, 4.69) is 4.98 Å². The van der Waals surface area contributed by atoms with E-state index in [-0.39, 0.29) is 17.3 Å². The van der Waals surface area contributed by atoms with Gasteiger partial charge in [-0.25, -0.2) is 4.39 Å². The molecule has 2 saturated heterocycles. The lowest BCUT2D eigenvalue weighted by molar-refractivity contribution is -0.0950. The van der Waals surface area contributed by atoms with Crippen LogP contribution >= 0.6 is 0 Å². The largest absolute Gasteiger partial charge is 0.377 e. The van der Waals surface area contributed by atoms with Crippen LogP contribution in [0.4, 0.5) is 4.39 Å². The smallest absolute Gasteiger partial charge is 0.255 e. The molecular formula is C22H25FN2O3. The Balaban J connectivity index is 1.19. The number of hydrogen-bond acceptors (Lipinski definition) is 4. The summed E-state index contributed by atoms with van der Waals surface area (Å²) in [6.07, 6.45) is 5.23. The number of carbonyl (C=O) groups excluding carboxylic acids is 1. The molecular weight excluding hydrogens is 359 g/mol. The van der Waals surface area contributed by atoms with Gasteiger partial charge in [0.1, 0.15) is 11.4 Å². The molecule has 2 aliphatic rings. The molecule has 6 heteroatoms. The van der Waals surface area contributed by atoms with Gasteiger partial charge in [0.2, 0.25) is 0 Å². The molecule has 148 valence electrons. The number of nitrogens with zero attached hydrogens (tertiary/aromatic N) is 2. The number of rotatable bonds is 6. The Labute approximate surface area is 164 Å². The highest BCUT2D eigenvalue weighted by molar-refractivity contribution is 5.94. The van der Waals surface area contributed by atoms with Crippen LogP contribution in [0.2, 0.25) is 0 Å². The summed E-state index contributed by atoms with van der Waals surface area (Å²) >= 11 is 0. The van der Waals surface area contributed by atoms with E-state index in [1.807, 2.05) is 24.0 Å². The molecule has 2 aromatic rings. The van der Waals surface area contributed by atoms with Gasteiger partial charge in [0.05, 0.1) is 31.9 Å². The summed E-state index contributed by atoms with van der Waals surface area (Å²) in [4.78, 5) is 18.5. The summed E-state index contributed by atoms with van der Waals surface area (Å²) in [7, 11) is 0. The molecule has 4 rings (SSSR count). The highest BCUT2D eigenvalue weighted by Crippen LogP contribution is 2.39. The first-order valence-corrected chi connectivity index (χ1v) is 9.70. The van der Waals surface area contributed by atoms with Crippen molar-refractivity contribution in [2.75, 3.05) is 26.3 Å². The number of aryl methyl sites for hydroxylation is 1. The van der Waals surface area contributed by atoms with Crippen LogP contribution in [0.5, 0.6) is 0 Å². The van der Waals surface area contributed by atoms with Gasteiger partial charge < -0.3 is 14.4 Å². The van der Waals surface area contributed by atoms with E-state index in [9.17, 15) is 9.18 Å². The zero-order chi connectivity index (χ0) is 19.6. The third kappa shape index (κ3) is 4.23. The average molecular weight is 384 g/mol. The minimum absolute atomic E-state index is 0.0206. The van der Waals surface area contributed by atoms with Gasteiger partial charge in [0.15, 0.2) is 0 Å². The molecule has 28 heavy (non-hydrogen) atoms. The Kier molecular flexibility index (Phi) is 5.42. The number of halogens is 1. The SMILES string of the molecule is Cc1cncc(C(=O)N2CC3(CC(CCOCc4cccc(F)c4)CO3)C2)c1. The van der Waals surface area contributed by atoms with Crippen LogP contribution in [0.25, 0.3) is 0 Å². The van der Waals surface area contributed by atoms with E-state index in [4.69, 9.17) is 9.47 Å². The summed E-state index contributed by atoms with van der Waals surface area (Å²) in [5.41, 5.74) is 2.27. The Morgan fingerprint density at radius 2 is 2.21 bits per heavy atom. The first-order valence-electron chi connectivity index (χ1n) is 9.70. The molecule has 0 radical (unpaired) electrons. The highest BCUT2D eigenvalue weighted by Gasteiger charge is 2.51. The maximum absolute atomic E-state index is 13.2. The van der Waals surface area contributed by atoms with Crippen molar-refractivity contribution >= 4 is 5.91 Å². The number of carbonyl (C=O) groups is 1. The van der Waals surface area contributed by atoms with Crippen molar-refractivity contribution in [1.29, 1.82) is 0 Å². The number of ether oxygens (including phenoxy) is 2. The monoisotopic (exact) mass is 384 g/mol. The lowest BCUT2D eigenvalue weighted by Crippen LogP contribution is -2.63. The van der Waals surface area contributed by atoms with Crippen molar-refractivity contribution in [3.05, 3.63) is 65.2 Å². The number of amides is 1. The van der Waals surface area contributed by atoms with E-state index in [1.165, 1.54) is 12.1 Å². The fourth-order valence-corrected chi connectivity index (χ4v) is 4.06. The number of hydrogen-bond donors (Lipinski definition) is 0. The fraction of sp³-hybridized carbons (Fsp3) is 0.455. The number of pyridine rings is 1. The summed E-state index contributed by atoms with van der Waals surface area (Å²) in [5.74, 6) is 0.218. The predicted molar refractivity (Wildman–Crippen MR) is 102 cm³/mol. The van der Waals surface area contributed by atoms with Crippen molar-refractivity contribution in [2.45, 2.75) is 32.0 Å². The average Bonchev–Trinajstić information content (AvgIpc) is 3.08. The third-order valence-electron chi connectivity index (χ3n) is 5.48. The van der Waals surface area contributed by atoms with E-state index in [1.54, 1.807) is 18.5 Å². The van der Waals surface area contributed by atoms with Crippen LogP contribution in [-0.4, -0.2) is 47.7 Å². The standard InChI is InChI=1S/C22H25FN2O3/c1-16-7-19(11-24-10-16)21(26)25-14-22(15-25)9-18(13-28-22)5-6-27-12-17-3-2-4-20(23)8-17/h2-4,7-8,10-11,18H,5-6,9,12-15H2,1H3. The predicted octanol–water partition coefficient (Wildman–Crippen LogP) is 3.37. The molecule has 0 saturated carbocycles. The second kappa shape index (κ2) is 7.97. The first-order chi connectivity index (χ1) is 13.5. The number of aromatic nitrogens is 1. The van der Waals surface area contributed by atoms with E-state index >= 15 is 0 Å². The maximum Gasteiger partial charge on any atom is 0.255 e. The fourth-order valence-electron chi connectivity index (χ4n) is 4.06. The molecule has 1 atom stereocenters. The minimum Gasteiger partial charge on any atom is -0.377 e. The highest BCUT2D eigenvalue weighted by atomic mass is 19.1. The van der Waals surface area contributed by atoms with Crippen molar-refractivity contribution < 1.29 is 18.7 Å². The Morgan fingerprint density at radius 1 is 1.36 bits per heavy atom. The van der Waals surface area contributed by atoms with E-state index in [0.717, 1.165) is 24.0 Å². The van der Waals surface area contributed by atoms with Gasteiger partial charge in [-0.15, -0.1) is 0 Å².